The highest BCUT2D eigenvalue weighted by atomic mass is 32.1. The average Bonchev–Trinajstić information content (AvgIpc) is 3.24. The standard InChI is InChI=1S/C31H36N2O2S/c1-23-20-28(35-30(34)31(17-10-2-3-11-18-31)25-14-8-5-9-15-25)27(23)16-19-32-21-26-22-36-29(33-26)24-12-6-4-7-13-24/h4-9,12-15,22,27-28,32H,1-3,10-11,16-21H2. The Bertz CT molecular complexity index is 1150. The van der Waals surface area contributed by atoms with Crippen LogP contribution in [0.5, 0.6) is 0 Å². The lowest BCUT2D eigenvalue weighted by molar-refractivity contribution is -0.162. The number of hydrogen-bond donors (Lipinski definition) is 1. The molecule has 0 aliphatic heterocycles. The minimum absolute atomic E-state index is 0.0260. The Balaban J connectivity index is 1.15. The van der Waals surface area contributed by atoms with Gasteiger partial charge >= 0.3 is 5.97 Å². The summed E-state index contributed by atoms with van der Waals surface area (Å²) < 4.78 is 6.25. The van der Waals surface area contributed by atoms with Crippen molar-refractivity contribution in [3.8, 4) is 10.6 Å². The summed E-state index contributed by atoms with van der Waals surface area (Å²) in [6.07, 6.45) is 7.97. The molecule has 0 radical (unpaired) electrons. The highest BCUT2D eigenvalue weighted by Gasteiger charge is 2.45. The number of esters is 1. The van der Waals surface area contributed by atoms with E-state index in [4.69, 9.17) is 9.72 Å². The maximum atomic E-state index is 13.7. The molecule has 3 aromatic rings. The molecular formula is C31H36N2O2S. The first-order chi connectivity index (χ1) is 17.7. The van der Waals surface area contributed by atoms with E-state index < -0.39 is 5.41 Å². The molecule has 0 saturated heterocycles. The van der Waals surface area contributed by atoms with Crippen LogP contribution in [0, 0.1) is 5.92 Å². The Morgan fingerprint density at radius 3 is 2.42 bits per heavy atom. The summed E-state index contributed by atoms with van der Waals surface area (Å²) in [5, 5.41) is 6.70. The molecule has 5 rings (SSSR count). The molecule has 2 aliphatic carbocycles. The van der Waals surface area contributed by atoms with Gasteiger partial charge < -0.3 is 10.1 Å². The Labute approximate surface area is 218 Å². The van der Waals surface area contributed by atoms with E-state index in [1.165, 1.54) is 18.4 Å². The van der Waals surface area contributed by atoms with Gasteiger partial charge in [-0.15, -0.1) is 11.3 Å². The number of ether oxygens (including phenoxy) is 1. The quantitative estimate of drug-likeness (QED) is 0.148. The lowest BCUT2D eigenvalue weighted by Gasteiger charge is -2.41. The van der Waals surface area contributed by atoms with Gasteiger partial charge in [-0.2, -0.15) is 0 Å². The molecule has 0 spiro atoms. The van der Waals surface area contributed by atoms with E-state index in [1.807, 2.05) is 36.4 Å². The Morgan fingerprint density at radius 2 is 1.72 bits per heavy atom. The number of rotatable bonds is 9. The molecule has 2 aliphatic rings. The smallest absolute Gasteiger partial charge is 0.316 e. The molecule has 2 unspecified atom stereocenters. The van der Waals surface area contributed by atoms with Crippen LogP contribution in [0.3, 0.4) is 0 Å². The van der Waals surface area contributed by atoms with Crippen LogP contribution in [0.15, 0.2) is 78.2 Å². The third kappa shape index (κ3) is 5.47. The number of nitrogens with zero attached hydrogens (tertiary/aromatic N) is 1. The average molecular weight is 501 g/mol. The molecule has 0 amide bonds. The van der Waals surface area contributed by atoms with Crippen LogP contribution in [0.25, 0.3) is 10.6 Å². The maximum absolute atomic E-state index is 13.7. The van der Waals surface area contributed by atoms with Crippen molar-refractivity contribution in [1.29, 1.82) is 0 Å². The molecule has 1 heterocycles. The van der Waals surface area contributed by atoms with Crippen LogP contribution >= 0.6 is 11.3 Å². The number of carbonyl (C=O) groups is 1. The van der Waals surface area contributed by atoms with Gasteiger partial charge in [0.2, 0.25) is 0 Å². The summed E-state index contributed by atoms with van der Waals surface area (Å²) >= 11 is 1.68. The number of aromatic nitrogens is 1. The van der Waals surface area contributed by atoms with Crippen molar-refractivity contribution < 1.29 is 9.53 Å². The second-order valence-corrected chi connectivity index (χ2v) is 11.1. The summed E-state index contributed by atoms with van der Waals surface area (Å²) in [6.45, 7) is 5.83. The van der Waals surface area contributed by atoms with Crippen molar-refractivity contribution in [2.45, 2.75) is 69.4 Å². The van der Waals surface area contributed by atoms with E-state index in [0.29, 0.717) is 0 Å². The van der Waals surface area contributed by atoms with Gasteiger partial charge in [-0.3, -0.25) is 4.79 Å². The molecule has 1 aromatic heterocycles. The zero-order chi connectivity index (χ0) is 24.8. The van der Waals surface area contributed by atoms with Gasteiger partial charge in [0.15, 0.2) is 0 Å². The first-order valence-corrected chi connectivity index (χ1v) is 14.2. The van der Waals surface area contributed by atoms with Gasteiger partial charge in [-0.05, 0) is 31.4 Å². The third-order valence-electron chi connectivity index (χ3n) is 7.88. The zero-order valence-corrected chi connectivity index (χ0v) is 21.8. The van der Waals surface area contributed by atoms with E-state index in [-0.39, 0.29) is 18.0 Å². The molecule has 36 heavy (non-hydrogen) atoms. The topological polar surface area (TPSA) is 51.2 Å². The summed E-state index contributed by atoms with van der Waals surface area (Å²) in [4.78, 5) is 18.5. The van der Waals surface area contributed by atoms with Crippen LogP contribution in [0.1, 0.15) is 62.6 Å². The molecule has 0 bridgehead atoms. The van der Waals surface area contributed by atoms with Gasteiger partial charge in [0.25, 0.3) is 0 Å². The van der Waals surface area contributed by atoms with E-state index in [9.17, 15) is 4.79 Å². The Hall–Kier alpha value is -2.76. The Kier molecular flexibility index (Phi) is 7.98. The third-order valence-corrected chi connectivity index (χ3v) is 8.82. The molecule has 5 heteroatoms. The first kappa shape index (κ1) is 24.9. The maximum Gasteiger partial charge on any atom is 0.316 e. The lowest BCUT2D eigenvalue weighted by Crippen LogP contribution is -2.45. The normalized spacial score (nSPS) is 21.4. The molecule has 4 nitrogen and oxygen atoms in total. The summed E-state index contributed by atoms with van der Waals surface area (Å²) in [7, 11) is 0. The van der Waals surface area contributed by atoms with Crippen molar-refractivity contribution in [2.75, 3.05) is 6.54 Å². The first-order valence-electron chi connectivity index (χ1n) is 13.3. The fourth-order valence-corrected chi connectivity index (χ4v) is 6.52. The van der Waals surface area contributed by atoms with E-state index in [2.05, 4.69) is 41.5 Å². The van der Waals surface area contributed by atoms with Gasteiger partial charge in [0, 0.05) is 29.8 Å². The minimum atomic E-state index is -0.501. The number of nitrogens with one attached hydrogen (secondary N) is 1. The number of thiazole rings is 1. The van der Waals surface area contributed by atoms with E-state index in [0.717, 1.165) is 73.4 Å². The second kappa shape index (κ2) is 11.5. The molecule has 2 saturated carbocycles. The highest BCUT2D eigenvalue weighted by Crippen LogP contribution is 2.43. The van der Waals surface area contributed by atoms with Crippen LogP contribution < -0.4 is 5.32 Å². The largest absolute Gasteiger partial charge is 0.461 e. The van der Waals surface area contributed by atoms with Crippen LogP contribution in [0.2, 0.25) is 0 Å². The molecule has 2 fully saturated rings. The fraction of sp³-hybridized carbons (Fsp3) is 0.419. The summed E-state index contributed by atoms with van der Waals surface area (Å²) in [6, 6.07) is 20.6. The zero-order valence-electron chi connectivity index (χ0n) is 21.0. The van der Waals surface area contributed by atoms with E-state index in [1.54, 1.807) is 11.3 Å². The number of carbonyl (C=O) groups excluding carboxylic acids is 1. The van der Waals surface area contributed by atoms with Crippen molar-refractivity contribution in [3.05, 3.63) is 89.5 Å². The Morgan fingerprint density at radius 1 is 1.03 bits per heavy atom. The number of benzene rings is 2. The predicted octanol–water partition coefficient (Wildman–Crippen LogP) is 7.07. The SMILES string of the molecule is C=C1CC(OC(=O)C2(c3ccccc3)CCCCCC2)C1CCNCc1csc(-c2ccccc2)n1. The molecule has 2 aromatic carbocycles. The molecule has 1 N–H and O–H groups in total. The van der Waals surface area contributed by atoms with Crippen molar-refractivity contribution in [1.82, 2.24) is 10.3 Å². The predicted molar refractivity (Wildman–Crippen MR) is 147 cm³/mol. The lowest BCUT2D eigenvalue weighted by atomic mass is 9.72. The van der Waals surface area contributed by atoms with Crippen molar-refractivity contribution in [2.24, 2.45) is 5.92 Å². The van der Waals surface area contributed by atoms with Gasteiger partial charge in [0.1, 0.15) is 11.1 Å². The van der Waals surface area contributed by atoms with Crippen LogP contribution in [0.4, 0.5) is 0 Å². The van der Waals surface area contributed by atoms with Gasteiger partial charge in [-0.25, -0.2) is 4.98 Å². The van der Waals surface area contributed by atoms with Crippen LogP contribution in [-0.2, 0) is 21.5 Å². The minimum Gasteiger partial charge on any atom is -0.461 e. The van der Waals surface area contributed by atoms with Gasteiger partial charge in [0.05, 0.1) is 11.1 Å². The fourth-order valence-electron chi connectivity index (χ4n) is 5.69. The number of hydrogen-bond acceptors (Lipinski definition) is 5. The monoisotopic (exact) mass is 500 g/mol. The van der Waals surface area contributed by atoms with E-state index >= 15 is 0 Å². The molecule has 188 valence electrons. The summed E-state index contributed by atoms with van der Waals surface area (Å²) in [5.41, 5.74) is 4.03. The molecular weight excluding hydrogens is 464 g/mol. The van der Waals surface area contributed by atoms with Gasteiger partial charge in [-0.1, -0.05) is 98.5 Å². The van der Waals surface area contributed by atoms with Crippen LogP contribution in [-0.4, -0.2) is 23.6 Å². The summed E-state index contributed by atoms with van der Waals surface area (Å²) in [5.74, 6) is 0.206. The molecule has 2 atom stereocenters. The highest BCUT2D eigenvalue weighted by molar-refractivity contribution is 7.13. The second-order valence-electron chi connectivity index (χ2n) is 10.3. The van der Waals surface area contributed by atoms with Crippen molar-refractivity contribution in [3.63, 3.8) is 0 Å². The van der Waals surface area contributed by atoms with Crippen molar-refractivity contribution >= 4 is 17.3 Å².